The third-order valence-corrected chi connectivity index (χ3v) is 5.45. The fourth-order valence-electron chi connectivity index (χ4n) is 2.87. The molecule has 1 aromatic rings. The minimum absolute atomic E-state index is 0.105. The minimum atomic E-state index is -3.72. The van der Waals surface area contributed by atoms with Crippen LogP contribution in [0.15, 0.2) is 27.7 Å². The normalized spacial score (nSPS) is 21.5. The zero-order chi connectivity index (χ0) is 19.3. The summed E-state index contributed by atoms with van der Waals surface area (Å²) in [5.41, 5.74) is 2.14. The minimum Gasteiger partial charge on any atom is -0.290 e. The molecule has 0 saturated heterocycles. The first-order valence-electron chi connectivity index (χ1n) is 7.95. The zero-order valence-corrected chi connectivity index (χ0v) is 16.2. The summed E-state index contributed by atoms with van der Waals surface area (Å²) in [4.78, 5) is 16.6. The van der Waals surface area contributed by atoms with Gasteiger partial charge in [-0.05, 0) is 65.7 Å². The number of aliphatic imine (C=N–C) groups is 1. The summed E-state index contributed by atoms with van der Waals surface area (Å²) in [5, 5.41) is 14.2. The van der Waals surface area contributed by atoms with Crippen molar-refractivity contribution in [3.8, 4) is 0 Å². The van der Waals surface area contributed by atoms with Crippen molar-refractivity contribution in [2.75, 3.05) is 6.54 Å². The molecule has 0 radical (unpaired) electrons. The standard InChI is InChI=1S/C15H20BrFN4O4S/c16-12-7-11(5-6-13(12)17)20-15(21-23)14(22)10-3-1-9(2-4-10)8-19-26(18,24)25/h5-7,9-10,19,23H,1-4,8H2,(H,20,21)(H2,18,24,25). The third kappa shape index (κ3) is 6.09. The average Bonchev–Trinajstić information content (AvgIpc) is 2.60. The Morgan fingerprint density at radius 2 is 2.00 bits per heavy atom. The van der Waals surface area contributed by atoms with Gasteiger partial charge in [0.05, 0.1) is 10.2 Å². The summed E-state index contributed by atoms with van der Waals surface area (Å²) in [6.07, 6.45) is 2.40. The second-order valence-electron chi connectivity index (χ2n) is 6.15. The number of nitrogens with zero attached hydrogens (tertiary/aromatic N) is 1. The summed E-state index contributed by atoms with van der Waals surface area (Å²) in [5.74, 6) is -1.24. The van der Waals surface area contributed by atoms with Crippen molar-refractivity contribution in [1.82, 2.24) is 10.2 Å². The molecule has 1 aromatic carbocycles. The first-order valence-corrected chi connectivity index (χ1v) is 10.3. The summed E-state index contributed by atoms with van der Waals surface area (Å²) in [7, 11) is -3.72. The van der Waals surface area contributed by atoms with Crippen molar-refractivity contribution in [3.05, 3.63) is 28.5 Å². The van der Waals surface area contributed by atoms with Gasteiger partial charge >= 0.3 is 0 Å². The number of amidine groups is 1. The van der Waals surface area contributed by atoms with Gasteiger partial charge in [-0.1, -0.05) is 0 Å². The summed E-state index contributed by atoms with van der Waals surface area (Å²) in [6.45, 7) is 0.239. The van der Waals surface area contributed by atoms with Crippen molar-refractivity contribution in [2.24, 2.45) is 22.0 Å². The molecule has 1 saturated carbocycles. The van der Waals surface area contributed by atoms with Crippen LogP contribution < -0.4 is 15.3 Å². The lowest BCUT2D eigenvalue weighted by atomic mass is 9.80. The maximum Gasteiger partial charge on any atom is 0.274 e. The quantitative estimate of drug-likeness (QED) is 0.297. The third-order valence-electron chi connectivity index (χ3n) is 4.27. The number of nitrogens with two attached hydrogens (primary N) is 1. The average molecular weight is 451 g/mol. The first kappa shape index (κ1) is 20.9. The SMILES string of the molecule is NS(=O)(=O)NCC1CCC(C(=O)C(=Nc2ccc(F)c(Br)c2)NO)CC1. The van der Waals surface area contributed by atoms with Crippen molar-refractivity contribution in [1.29, 1.82) is 0 Å². The molecule has 2 rings (SSSR count). The number of nitrogens with one attached hydrogen (secondary N) is 2. The number of rotatable bonds is 6. The van der Waals surface area contributed by atoms with Gasteiger partial charge in [-0.25, -0.2) is 24.7 Å². The second kappa shape index (κ2) is 9.00. The molecular weight excluding hydrogens is 431 g/mol. The number of benzene rings is 1. The molecule has 144 valence electrons. The number of hydrogen-bond donors (Lipinski definition) is 4. The van der Waals surface area contributed by atoms with Gasteiger partial charge in [-0.15, -0.1) is 0 Å². The number of hydrogen-bond acceptors (Lipinski definition) is 5. The van der Waals surface area contributed by atoms with E-state index in [1.54, 1.807) is 0 Å². The van der Waals surface area contributed by atoms with Gasteiger partial charge in [0.1, 0.15) is 5.82 Å². The Balaban J connectivity index is 1.99. The van der Waals surface area contributed by atoms with Gasteiger partial charge in [0.2, 0.25) is 5.78 Å². The molecule has 1 aliphatic carbocycles. The molecular formula is C15H20BrFN4O4S. The maximum atomic E-state index is 13.3. The highest BCUT2D eigenvalue weighted by Gasteiger charge is 2.29. The lowest BCUT2D eigenvalue weighted by Crippen LogP contribution is -2.38. The van der Waals surface area contributed by atoms with Crippen molar-refractivity contribution in [3.63, 3.8) is 0 Å². The van der Waals surface area contributed by atoms with Crippen LogP contribution in [0.5, 0.6) is 0 Å². The van der Waals surface area contributed by atoms with Crippen LogP contribution in [0.25, 0.3) is 0 Å². The van der Waals surface area contributed by atoms with Crippen LogP contribution in [0.4, 0.5) is 10.1 Å². The van der Waals surface area contributed by atoms with E-state index in [1.165, 1.54) is 18.2 Å². The van der Waals surface area contributed by atoms with E-state index in [0.717, 1.165) is 0 Å². The fraction of sp³-hybridized carbons (Fsp3) is 0.467. The highest BCUT2D eigenvalue weighted by molar-refractivity contribution is 9.10. The van der Waals surface area contributed by atoms with Crippen LogP contribution in [0.1, 0.15) is 25.7 Å². The molecule has 1 aliphatic rings. The smallest absolute Gasteiger partial charge is 0.274 e. The fourth-order valence-corrected chi connectivity index (χ4v) is 3.71. The molecule has 8 nitrogen and oxygen atoms in total. The molecule has 1 fully saturated rings. The van der Waals surface area contributed by atoms with Crippen LogP contribution in [0.3, 0.4) is 0 Å². The highest BCUT2D eigenvalue weighted by atomic mass is 79.9. The topological polar surface area (TPSA) is 134 Å². The Morgan fingerprint density at radius 1 is 1.35 bits per heavy atom. The van der Waals surface area contributed by atoms with Gasteiger partial charge in [-0.2, -0.15) is 8.42 Å². The van der Waals surface area contributed by atoms with Gasteiger partial charge < -0.3 is 0 Å². The molecule has 0 aromatic heterocycles. The van der Waals surface area contributed by atoms with Crippen molar-refractivity contribution >= 4 is 43.4 Å². The van der Waals surface area contributed by atoms with E-state index in [9.17, 15) is 22.8 Å². The van der Waals surface area contributed by atoms with E-state index in [2.05, 4.69) is 25.6 Å². The molecule has 0 aliphatic heterocycles. The van der Waals surface area contributed by atoms with Crippen LogP contribution in [0.2, 0.25) is 0 Å². The monoisotopic (exact) mass is 450 g/mol. The summed E-state index contributed by atoms with van der Waals surface area (Å²) >= 11 is 3.04. The Bertz CT molecular complexity index is 795. The molecule has 0 amide bonds. The Kier molecular flexibility index (Phi) is 7.24. The maximum absolute atomic E-state index is 13.3. The van der Waals surface area contributed by atoms with Gasteiger partial charge in [0.25, 0.3) is 10.2 Å². The molecule has 0 heterocycles. The van der Waals surface area contributed by atoms with E-state index >= 15 is 0 Å². The Hall–Kier alpha value is -1.40. The number of halogens is 2. The van der Waals surface area contributed by atoms with E-state index in [0.29, 0.717) is 31.4 Å². The number of hydroxylamine groups is 1. The van der Waals surface area contributed by atoms with E-state index in [4.69, 9.17) is 5.14 Å². The molecule has 0 unspecified atom stereocenters. The molecule has 0 atom stereocenters. The number of carbonyl (C=O) groups is 1. The van der Waals surface area contributed by atoms with Crippen LogP contribution >= 0.6 is 15.9 Å². The molecule has 11 heteroatoms. The van der Waals surface area contributed by atoms with Crippen molar-refractivity contribution in [2.45, 2.75) is 25.7 Å². The number of ketones is 1. The highest BCUT2D eigenvalue weighted by Crippen LogP contribution is 2.30. The van der Waals surface area contributed by atoms with Crippen molar-refractivity contribution < 1.29 is 22.8 Å². The lowest BCUT2D eigenvalue weighted by Gasteiger charge is -2.27. The molecule has 0 spiro atoms. The predicted octanol–water partition coefficient (Wildman–Crippen LogP) is 1.77. The predicted molar refractivity (Wildman–Crippen MR) is 97.7 cm³/mol. The molecule has 0 bridgehead atoms. The van der Waals surface area contributed by atoms with E-state index in [-0.39, 0.29) is 34.5 Å². The zero-order valence-electron chi connectivity index (χ0n) is 13.8. The van der Waals surface area contributed by atoms with E-state index in [1.807, 2.05) is 5.48 Å². The van der Waals surface area contributed by atoms with Gasteiger partial charge in [-0.3, -0.25) is 10.0 Å². The van der Waals surface area contributed by atoms with Gasteiger partial charge in [0, 0.05) is 12.5 Å². The summed E-state index contributed by atoms with van der Waals surface area (Å²) in [6, 6.07) is 3.99. The number of carbonyl (C=O) groups excluding carboxylic acids is 1. The molecule has 5 N–H and O–H groups in total. The second-order valence-corrected chi connectivity index (χ2v) is 8.38. The van der Waals surface area contributed by atoms with Crippen LogP contribution in [0, 0.1) is 17.7 Å². The lowest BCUT2D eigenvalue weighted by molar-refractivity contribution is -0.118. The van der Waals surface area contributed by atoms with Crippen LogP contribution in [-0.4, -0.2) is 31.8 Å². The number of Topliss-reactive ketones (excluding diaryl/α,β-unsaturated/α-hetero) is 1. The first-order chi connectivity index (χ1) is 12.2. The largest absolute Gasteiger partial charge is 0.290 e. The van der Waals surface area contributed by atoms with Gasteiger partial charge in [0.15, 0.2) is 5.84 Å². The van der Waals surface area contributed by atoms with E-state index < -0.39 is 16.0 Å². The Morgan fingerprint density at radius 3 is 2.54 bits per heavy atom. The van der Waals surface area contributed by atoms with Crippen LogP contribution in [-0.2, 0) is 15.0 Å². The Labute approximate surface area is 159 Å². The molecule has 26 heavy (non-hydrogen) atoms. The summed E-state index contributed by atoms with van der Waals surface area (Å²) < 4.78 is 37.6.